The lowest BCUT2D eigenvalue weighted by Gasteiger charge is -2.36. The number of aliphatic hydroxyl groups is 1. The van der Waals surface area contributed by atoms with Crippen LogP contribution in [0.3, 0.4) is 0 Å². The third kappa shape index (κ3) is 5.21. The molecule has 0 saturated carbocycles. The summed E-state index contributed by atoms with van der Waals surface area (Å²) in [6.07, 6.45) is 1.54. The molecule has 3 unspecified atom stereocenters. The van der Waals surface area contributed by atoms with Crippen molar-refractivity contribution in [2.24, 2.45) is 0 Å². The minimum Gasteiger partial charge on any atom is -0.392 e. The van der Waals surface area contributed by atoms with E-state index < -0.39 is 6.10 Å². The summed E-state index contributed by atoms with van der Waals surface area (Å²) in [6.45, 7) is 8.64. The molecule has 0 aliphatic carbocycles. The predicted octanol–water partition coefficient (Wildman–Crippen LogP) is 0.0955. The fraction of sp³-hybridized carbons (Fsp3) is 0.933. The molecule has 21 heavy (non-hydrogen) atoms. The zero-order chi connectivity index (χ0) is 15.2. The lowest BCUT2D eigenvalue weighted by atomic mass is 10.2. The van der Waals surface area contributed by atoms with Gasteiger partial charge in [-0.25, -0.2) is 0 Å². The Kier molecular flexibility index (Phi) is 6.41. The first-order valence-corrected chi connectivity index (χ1v) is 7.98. The molecule has 122 valence electrons. The van der Waals surface area contributed by atoms with Gasteiger partial charge >= 0.3 is 0 Å². The fourth-order valence-corrected chi connectivity index (χ4v) is 2.88. The first-order valence-electron chi connectivity index (χ1n) is 7.98. The molecule has 2 saturated heterocycles. The number of aliphatic hydroxyl groups excluding tert-OH is 1. The van der Waals surface area contributed by atoms with Gasteiger partial charge in [0.15, 0.2) is 0 Å². The van der Waals surface area contributed by atoms with E-state index in [1.165, 1.54) is 0 Å². The van der Waals surface area contributed by atoms with Crippen LogP contribution in [0.2, 0.25) is 0 Å². The highest BCUT2D eigenvalue weighted by Crippen LogP contribution is 2.13. The quantitative estimate of drug-likeness (QED) is 0.753. The fourth-order valence-electron chi connectivity index (χ4n) is 2.88. The molecule has 0 aromatic rings. The zero-order valence-corrected chi connectivity index (χ0v) is 13.2. The maximum Gasteiger partial charge on any atom is 0.251 e. The molecular formula is C15H28N2O4. The van der Waals surface area contributed by atoms with Crippen LogP contribution in [-0.4, -0.2) is 85.1 Å². The van der Waals surface area contributed by atoms with Crippen LogP contribution >= 0.6 is 0 Å². The van der Waals surface area contributed by atoms with Crippen molar-refractivity contribution in [1.29, 1.82) is 0 Å². The SMILES string of the molecule is CC(O)CN1CCN(C(=O)C(C)OCC2CCCO2)CC1. The molecule has 0 radical (unpaired) electrons. The van der Waals surface area contributed by atoms with Gasteiger partial charge in [0.1, 0.15) is 6.10 Å². The molecule has 1 amide bonds. The summed E-state index contributed by atoms with van der Waals surface area (Å²) in [5, 5.41) is 9.39. The molecule has 6 heteroatoms. The highest BCUT2D eigenvalue weighted by atomic mass is 16.5. The van der Waals surface area contributed by atoms with Crippen LogP contribution in [0.5, 0.6) is 0 Å². The number of carbonyl (C=O) groups excluding carboxylic acids is 1. The summed E-state index contributed by atoms with van der Waals surface area (Å²) in [5.41, 5.74) is 0. The average molecular weight is 300 g/mol. The van der Waals surface area contributed by atoms with E-state index in [1.807, 2.05) is 11.8 Å². The van der Waals surface area contributed by atoms with Crippen molar-refractivity contribution in [2.45, 2.75) is 45.0 Å². The van der Waals surface area contributed by atoms with Crippen molar-refractivity contribution in [3.05, 3.63) is 0 Å². The van der Waals surface area contributed by atoms with E-state index in [1.54, 1.807) is 6.92 Å². The van der Waals surface area contributed by atoms with Gasteiger partial charge in [0.25, 0.3) is 5.91 Å². The number of ether oxygens (including phenoxy) is 2. The first kappa shape index (κ1) is 16.7. The lowest BCUT2D eigenvalue weighted by molar-refractivity contribution is -0.146. The third-order valence-electron chi connectivity index (χ3n) is 4.11. The maximum absolute atomic E-state index is 12.3. The predicted molar refractivity (Wildman–Crippen MR) is 79.1 cm³/mol. The van der Waals surface area contributed by atoms with E-state index >= 15 is 0 Å². The molecule has 2 rings (SSSR count). The summed E-state index contributed by atoms with van der Waals surface area (Å²) in [4.78, 5) is 16.4. The number of nitrogens with zero attached hydrogens (tertiary/aromatic N) is 2. The van der Waals surface area contributed by atoms with Gasteiger partial charge in [0, 0.05) is 39.3 Å². The van der Waals surface area contributed by atoms with E-state index in [-0.39, 0.29) is 18.1 Å². The van der Waals surface area contributed by atoms with Crippen LogP contribution in [0.25, 0.3) is 0 Å². The van der Waals surface area contributed by atoms with Gasteiger partial charge in [0.2, 0.25) is 0 Å². The van der Waals surface area contributed by atoms with Crippen LogP contribution in [0, 0.1) is 0 Å². The number of β-amino-alcohol motifs (C(OH)–C–C–N with tert-alkyl or cyclic N) is 1. The van der Waals surface area contributed by atoms with E-state index in [0.29, 0.717) is 26.2 Å². The van der Waals surface area contributed by atoms with Crippen LogP contribution < -0.4 is 0 Å². The Morgan fingerprint density at radius 3 is 2.62 bits per heavy atom. The Balaban J connectivity index is 1.68. The minimum atomic E-state index is -0.405. The molecule has 0 spiro atoms. The monoisotopic (exact) mass is 300 g/mol. The molecule has 1 N–H and O–H groups in total. The van der Waals surface area contributed by atoms with Gasteiger partial charge < -0.3 is 19.5 Å². The number of hydrogen-bond donors (Lipinski definition) is 1. The molecule has 2 heterocycles. The number of amides is 1. The summed E-state index contributed by atoms with van der Waals surface area (Å²) < 4.78 is 11.2. The summed E-state index contributed by atoms with van der Waals surface area (Å²) in [5.74, 6) is 0.0599. The maximum atomic E-state index is 12.3. The summed E-state index contributed by atoms with van der Waals surface area (Å²) in [7, 11) is 0. The van der Waals surface area contributed by atoms with E-state index in [2.05, 4.69) is 4.90 Å². The van der Waals surface area contributed by atoms with Crippen molar-refractivity contribution in [2.75, 3.05) is 45.9 Å². The van der Waals surface area contributed by atoms with Crippen LogP contribution in [0.4, 0.5) is 0 Å². The molecule has 0 aromatic carbocycles. The van der Waals surface area contributed by atoms with Crippen LogP contribution in [0.15, 0.2) is 0 Å². The van der Waals surface area contributed by atoms with Crippen molar-refractivity contribution in [1.82, 2.24) is 9.80 Å². The average Bonchev–Trinajstić information content (AvgIpc) is 2.97. The number of piperazine rings is 1. The summed E-state index contributed by atoms with van der Waals surface area (Å²) >= 11 is 0. The Bertz CT molecular complexity index is 324. The van der Waals surface area contributed by atoms with E-state index in [0.717, 1.165) is 32.5 Å². The molecule has 2 aliphatic heterocycles. The smallest absolute Gasteiger partial charge is 0.251 e. The van der Waals surface area contributed by atoms with Crippen LogP contribution in [0.1, 0.15) is 26.7 Å². The van der Waals surface area contributed by atoms with Gasteiger partial charge in [0.05, 0.1) is 18.8 Å². The van der Waals surface area contributed by atoms with Gasteiger partial charge in [-0.15, -0.1) is 0 Å². The number of rotatable bonds is 6. The van der Waals surface area contributed by atoms with Crippen LogP contribution in [-0.2, 0) is 14.3 Å². The molecular weight excluding hydrogens is 272 g/mol. The third-order valence-corrected chi connectivity index (χ3v) is 4.11. The highest BCUT2D eigenvalue weighted by Gasteiger charge is 2.26. The Morgan fingerprint density at radius 2 is 2.05 bits per heavy atom. The lowest BCUT2D eigenvalue weighted by Crippen LogP contribution is -2.52. The van der Waals surface area contributed by atoms with Gasteiger partial charge in [-0.1, -0.05) is 0 Å². The Labute approximate surface area is 127 Å². The molecule has 0 aromatic heterocycles. The zero-order valence-electron chi connectivity index (χ0n) is 13.2. The summed E-state index contributed by atoms with van der Waals surface area (Å²) in [6, 6.07) is 0. The van der Waals surface area contributed by atoms with Gasteiger partial charge in [-0.3, -0.25) is 9.69 Å². The topological polar surface area (TPSA) is 62.2 Å². The van der Waals surface area contributed by atoms with Crippen molar-refractivity contribution >= 4 is 5.91 Å². The Hall–Kier alpha value is -0.690. The molecule has 6 nitrogen and oxygen atoms in total. The number of hydrogen-bond acceptors (Lipinski definition) is 5. The highest BCUT2D eigenvalue weighted by molar-refractivity contribution is 5.80. The largest absolute Gasteiger partial charge is 0.392 e. The normalized spacial score (nSPS) is 26.8. The standard InChI is InChI=1S/C15H28N2O4/c1-12(18)10-16-5-7-17(8-6-16)15(19)13(2)21-11-14-4-3-9-20-14/h12-14,18H,3-11H2,1-2H3. The molecule has 2 fully saturated rings. The van der Waals surface area contributed by atoms with Crippen molar-refractivity contribution in [3.8, 4) is 0 Å². The molecule has 0 bridgehead atoms. The van der Waals surface area contributed by atoms with Gasteiger partial charge in [-0.05, 0) is 26.7 Å². The van der Waals surface area contributed by atoms with Crippen molar-refractivity contribution in [3.63, 3.8) is 0 Å². The second-order valence-corrected chi connectivity index (χ2v) is 6.09. The number of carbonyl (C=O) groups is 1. The van der Waals surface area contributed by atoms with Gasteiger partial charge in [-0.2, -0.15) is 0 Å². The van der Waals surface area contributed by atoms with E-state index in [4.69, 9.17) is 9.47 Å². The van der Waals surface area contributed by atoms with E-state index in [9.17, 15) is 9.90 Å². The Morgan fingerprint density at radius 1 is 1.33 bits per heavy atom. The first-order chi connectivity index (χ1) is 10.1. The minimum absolute atomic E-state index is 0.0599. The molecule has 2 aliphatic rings. The molecule has 3 atom stereocenters. The second-order valence-electron chi connectivity index (χ2n) is 6.09. The van der Waals surface area contributed by atoms with Crippen molar-refractivity contribution < 1.29 is 19.4 Å². The second kappa shape index (κ2) is 8.08.